The Labute approximate surface area is 104 Å². The van der Waals surface area contributed by atoms with Gasteiger partial charge in [-0.05, 0) is 0 Å². The molecule has 0 aliphatic carbocycles. The van der Waals surface area contributed by atoms with Crippen molar-refractivity contribution in [3.05, 3.63) is 0 Å². The lowest BCUT2D eigenvalue weighted by Crippen LogP contribution is -2.63. The average Bonchev–Trinajstić information content (AvgIpc) is 2.30. The molecule has 8 heteroatoms. The Morgan fingerprint density at radius 1 is 1.39 bits per heavy atom. The smallest absolute Gasteiger partial charge is 0.217 e. The van der Waals surface area contributed by atoms with E-state index in [1.165, 1.54) is 13.8 Å². The molecule has 0 saturated carbocycles. The van der Waals surface area contributed by atoms with E-state index in [-0.39, 0.29) is 0 Å². The van der Waals surface area contributed by atoms with Crippen LogP contribution in [0.3, 0.4) is 0 Å². The minimum atomic E-state index is -1.45. The van der Waals surface area contributed by atoms with E-state index < -0.39 is 43.2 Å². The molecular formula is C10H18N2O6. The zero-order valence-electron chi connectivity index (χ0n) is 10.1. The molecule has 1 amide bonds. The van der Waals surface area contributed by atoms with Crippen molar-refractivity contribution in [2.45, 2.75) is 44.5 Å². The zero-order chi connectivity index (χ0) is 14.3. The molecule has 1 fully saturated rings. The Hall–Kier alpha value is -1.24. The van der Waals surface area contributed by atoms with Crippen LogP contribution in [0.15, 0.2) is 0 Å². The highest BCUT2D eigenvalue weighted by Crippen LogP contribution is 2.19. The van der Waals surface area contributed by atoms with Crippen molar-refractivity contribution in [3.63, 3.8) is 0 Å². The fourth-order valence-corrected chi connectivity index (χ4v) is 1.49. The highest BCUT2D eigenvalue weighted by molar-refractivity contribution is 5.73. The molecule has 1 rings (SSSR count). The summed E-state index contributed by atoms with van der Waals surface area (Å²) in [6.07, 6.45) is -5.24. The normalized spacial score (nSPS) is 34.8. The van der Waals surface area contributed by atoms with Crippen LogP contribution in [0.1, 0.15) is 13.8 Å². The molecule has 1 unspecified atom stereocenters. The largest absolute Gasteiger partial charge is 0.394 e. The van der Waals surface area contributed by atoms with Gasteiger partial charge in [-0.15, -0.1) is 0 Å². The van der Waals surface area contributed by atoms with Gasteiger partial charge in [-0.1, -0.05) is 0 Å². The summed E-state index contributed by atoms with van der Waals surface area (Å²) in [6, 6.07) is 0.653. The van der Waals surface area contributed by atoms with Gasteiger partial charge < -0.3 is 30.5 Å². The van der Waals surface area contributed by atoms with Gasteiger partial charge in [-0.2, -0.15) is 5.26 Å². The molecule has 0 aromatic rings. The van der Waals surface area contributed by atoms with E-state index in [1.54, 1.807) is 6.07 Å². The van der Waals surface area contributed by atoms with Gasteiger partial charge in [0.2, 0.25) is 5.91 Å². The molecule has 5 N–H and O–H groups in total. The summed E-state index contributed by atoms with van der Waals surface area (Å²) >= 11 is 0. The number of nitrogens with one attached hydrogen (secondary N) is 1. The van der Waals surface area contributed by atoms with Crippen molar-refractivity contribution < 1.29 is 30.0 Å². The predicted molar refractivity (Wildman–Crippen MR) is 58.9 cm³/mol. The monoisotopic (exact) mass is 262 g/mol. The first-order chi connectivity index (χ1) is 8.38. The fraction of sp³-hybridized carbons (Fsp3) is 0.800. The maximum atomic E-state index is 10.7. The molecule has 0 radical (unpaired) electrons. The molecule has 0 spiro atoms. The molecule has 1 aliphatic rings. The molecule has 1 heterocycles. The van der Waals surface area contributed by atoms with Gasteiger partial charge >= 0.3 is 0 Å². The number of amides is 1. The van der Waals surface area contributed by atoms with Crippen LogP contribution in [-0.2, 0) is 9.53 Å². The Bertz CT molecular complexity index is 305. The number of ether oxygens (including phenoxy) is 1. The Kier molecular flexibility index (Phi) is 7.42. The summed E-state index contributed by atoms with van der Waals surface area (Å²) in [7, 11) is 0. The number of rotatable bonds is 2. The standard InChI is InChI=1S/C8H15NO6.C2H3N/c1-3(11)9-5-7(13)6(12)4(2-10)15-8(5)14;1-2-3/h4-8,10,12-14H,2H2,1H3,(H,9,11);1H3/t4-,5-,6-,7-,8?;/m1./s1. The van der Waals surface area contributed by atoms with Gasteiger partial charge in [0.15, 0.2) is 6.29 Å². The second-order valence-corrected chi connectivity index (χ2v) is 3.68. The number of nitrogens with zero attached hydrogens (tertiary/aromatic N) is 1. The van der Waals surface area contributed by atoms with E-state index in [2.05, 4.69) is 5.32 Å². The molecule has 1 aliphatic heterocycles. The summed E-state index contributed by atoms with van der Waals surface area (Å²) in [5, 5.41) is 46.7. The lowest BCUT2D eigenvalue weighted by atomic mass is 9.97. The number of carbonyl (C=O) groups excluding carboxylic acids is 1. The van der Waals surface area contributed by atoms with Crippen LogP contribution in [0.2, 0.25) is 0 Å². The summed E-state index contributed by atoms with van der Waals surface area (Å²) in [5.74, 6) is -0.462. The van der Waals surface area contributed by atoms with Crippen molar-refractivity contribution in [3.8, 4) is 6.07 Å². The minimum absolute atomic E-state index is 0.462. The summed E-state index contributed by atoms with van der Waals surface area (Å²) < 4.78 is 4.81. The van der Waals surface area contributed by atoms with E-state index in [4.69, 9.17) is 15.1 Å². The van der Waals surface area contributed by atoms with Crippen LogP contribution in [0.25, 0.3) is 0 Å². The van der Waals surface area contributed by atoms with Crippen molar-refractivity contribution in [2.24, 2.45) is 0 Å². The third-order valence-electron chi connectivity index (χ3n) is 2.27. The molecule has 0 bridgehead atoms. The topological polar surface area (TPSA) is 143 Å². The summed E-state index contributed by atoms with van der Waals surface area (Å²) in [5.41, 5.74) is 0. The second-order valence-electron chi connectivity index (χ2n) is 3.68. The van der Waals surface area contributed by atoms with Gasteiger partial charge in [0.1, 0.15) is 24.4 Å². The zero-order valence-corrected chi connectivity index (χ0v) is 10.1. The number of nitriles is 1. The average molecular weight is 262 g/mol. The lowest BCUT2D eigenvalue weighted by Gasteiger charge is -2.40. The van der Waals surface area contributed by atoms with Crippen molar-refractivity contribution >= 4 is 5.91 Å². The second kappa shape index (κ2) is 7.97. The maximum absolute atomic E-state index is 10.7. The summed E-state index contributed by atoms with van der Waals surface area (Å²) in [4.78, 5) is 10.7. The maximum Gasteiger partial charge on any atom is 0.217 e. The van der Waals surface area contributed by atoms with Crippen molar-refractivity contribution in [1.82, 2.24) is 5.32 Å². The highest BCUT2D eigenvalue weighted by Gasteiger charge is 2.43. The number of aliphatic hydroxyl groups is 4. The predicted octanol–water partition coefficient (Wildman–Crippen LogP) is -2.55. The van der Waals surface area contributed by atoms with Crippen LogP contribution in [0, 0.1) is 11.3 Å². The lowest BCUT2D eigenvalue weighted by molar-refractivity contribution is -0.253. The Morgan fingerprint density at radius 3 is 2.28 bits per heavy atom. The van der Waals surface area contributed by atoms with Gasteiger partial charge in [0.25, 0.3) is 0 Å². The first-order valence-electron chi connectivity index (χ1n) is 5.27. The number of hydrogen-bond acceptors (Lipinski definition) is 7. The quantitative estimate of drug-likeness (QED) is 0.368. The van der Waals surface area contributed by atoms with Gasteiger partial charge in [0, 0.05) is 13.8 Å². The van der Waals surface area contributed by atoms with Crippen LogP contribution in [-0.4, -0.2) is 63.6 Å². The van der Waals surface area contributed by atoms with Crippen LogP contribution in [0.4, 0.5) is 0 Å². The Morgan fingerprint density at radius 2 is 1.89 bits per heavy atom. The molecular weight excluding hydrogens is 244 g/mol. The molecule has 18 heavy (non-hydrogen) atoms. The highest BCUT2D eigenvalue weighted by atomic mass is 16.6. The molecule has 0 aromatic carbocycles. The van der Waals surface area contributed by atoms with E-state index >= 15 is 0 Å². The first-order valence-corrected chi connectivity index (χ1v) is 5.27. The SMILES string of the molecule is CC#N.CC(=O)N[C@H]1C(O)O[C@H](CO)[C@@H](O)[C@@H]1O. The molecule has 8 nitrogen and oxygen atoms in total. The van der Waals surface area contributed by atoms with E-state index in [0.29, 0.717) is 0 Å². The molecule has 104 valence electrons. The van der Waals surface area contributed by atoms with Crippen LogP contribution in [0.5, 0.6) is 0 Å². The molecule has 0 aromatic heterocycles. The number of carbonyl (C=O) groups is 1. The third-order valence-corrected chi connectivity index (χ3v) is 2.27. The first kappa shape index (κ1) is 16.8. The van der Waals surface area contributed by atoms with Crippen LogP contribution >= 0.6 is 0 Å². The van der Waals surface area contributed by atoms with Crippen molar-refractivity contribution in [2.75, 3.05) is 6.61 Å². The number of aliphatic hydroxyl groups excluding tert-OH is 4. The van der Waals surface area contributed by atoms with Gasteiger partial charge in [-0.25, -0.2) is 0 Å². The van der Waals surface area contributed by atoms with E-state index in [0.717, 1.165) is 0 Å². The number of hydrogen-bond donors (Lipinski definition) is 5. The van der Waals surface area contributed by atoms with E-state index in [9.17, 15) is 20.1 Å². The fourth-order valence-electron chi connectivity index (χ4n) is 1.49. The Balaban J connectivity index is 0.000000873. The van der Waals surface area contributed by atoms with Crippen molar-refractivity contribution in [1.29, 1.82) is 5.26 Å². The minimum Gasteiger partial charge on any atom is -0.394 e. The summed E-state index contributed by atoms with van der Waals surface area (Å²) in [6.45, 7) is 2.12. The van der Waals surface area contributed by atoms with Gasteiger partial charge in [0.05, 0.1) is 12.7 Å². The van der Waals surface area contributed by atoms with Crippen LogP contribution < -0.4 is 5.32 Å². The molecule has 1 saturated heterocycles. The third kappa shape index (κ3) is 4.56. The van der Waals surface area contributed by atoms with E-state index in [1.807, 2.05) is 0 Å². The molecule has 5 atom stereocenters. The van der Waals surface area contributed by atoms with Gasteiger partial charge in [-0.3, -0.25) is 4.79 Å².